The highest BCUT2D eigenvalue weighted by atomic mass is 16.5. The second kappa shape index (κ2) is 21.2. The number of nitrogens with zero attached hydrogens (tertiary/aromatic N) is 3. The van der Waals surface area contributed by atoms with Gasteiger partial charge in [0, 0.05) is 89.4 Å². The van der Waals surface area contributed by atoms with Gasteiger partial charge in [-0.1, -0.05) is 26.0 Å². The Morgan fingerprint density at radius 1 is 0.978 bits per heavy atom. The van der Waals surface area contributed by atoms with Crippen molar-refractivity contribution in [3.8, 4) is 5.75 Å². The average Bonchev–Trinajstić information content (AvgIpc) is 3.02. The predicted molar refractivity (Wildman–Crippen MR) is 177 cm³/mol. The predicted octanol–water partition coefficient (Wildman–Crippen LogP) is 5.50. The van der Waals surface area contributed by atoms with E-state index in [0.717, 1.165) is 61.9 Å². The molecule has 0 radical (unpaired) electrons. The molecule has 0 unspecified atom stereocenters. The van der Waals surface area contributed by atoms with Crippen LogP contribution in [0.1, 0.15) is 63.9 Å². The van der Waals surface area contributed by atoms with E-state index in [4.69, 9.17) is 18.9 Å². The topological polar surface area (TPSA) is 124 Å². The van der Waals surface area contributed by atoms with Crippen LogP contribution in [-0.4, -0.2) is 92.9 Å². The van der Waals surface area contributed by atoms with Crippen molar-refractivity contribution >= 4 is 35.2 Å². The molecule has 45 heavy (non-hydrogen) atoms. The van der Waals surface area contributed by atoms with Gasteiger partial charge in [0.05, 0.1) is 6.61 Å². The van der Waals surface area contributed by atoms with Crippen molar-refractivity contribution in [2.24, 2.45) is 5.92 Å². The molecule has 0 spiro atoms. The SMILES string of the molecule is C=Cc1cnc(Nc2ccc(OCCCOCCCCOCCCOCC(=O)CC)cc2)nc1NCCN(C)C(=O)C1CCC1. The number of rotatable bonds is 25. The highest BCUT2D eigenvalue weighted by molar-refractivity contribution is 5.79. The highest BCUT2D eigenvalue weighted by Crippen LogP contribution is 2.28. The van der Waals surface area contributed by atoms with Crippen LogP contribution in [0.3, 0.4) is 0 Å². The number of benzene rings is 1. The number of Topliss-reactive ketones (excluding diaryl/α,β-unsaturated/α-hetero) is 1. The van der Waals surface area contributed by atoms with Crippen LogP contribution in [-0.2, 0) is 23.8 Å². The van der Waals surface area contributed by atoms with E-state index < -0.39 is 0 Å². The van der Waals surface area contributed by atoms with E-state index in [-0.39, 0.29) is 24.2 Å². The van der Waals surface area contributed by atoms with Crippen molar-refractivity contribution in [1.29, 1.82) is 0 Å². The molecule has 1 amide bonds. The number of ketones is 1. The molecular weight excluding hydrogens is 574 g/mol. The maximum absolute atomic E-state index is 12.4. The van der Waals surface area contributed by atoms with E-state index in [1.54, 1.807) is 17.2 Å². The largest absolute Gasteiger partial charge is 0.494 e. The van der Waals surface area contributed by atoms with Gasteiger partial charge >= 0.3 is 0 Å². The molecule has 11 nitrogen and oxygen atoms in total. The van der Waals surface area contributed by atoms with Crippen LogP contribution in [0.15, 0.2) is 37.0 Å². The molecular formula is C34H51N5O6. The second-order valence-electron chi connectivity index (χ2n) is 11.1. The Morgan fingerprint density at radius 2 is 1.64 bits per heavy atom. The Kier molecular flexibility index (Phi) is 17.0. The highest BCUT2D eigenvalue weighted by Gasteiger charge is 2.27. The number of hydrogen-bond acceptors (Lipinski definition) is 10. The number of nitrogens with one attached hydrogen (secondary N) is 2. The Morgan fingerprint density at radius 3 is 2.29 bits per heavy atom. The molecule has 1 heterocycles. The molecule has 248 valence electrons. The minimum Gasteiger partial charge on any atom is -0.494 e. The van der Waals surface area contributed by atoms with Crippen LogP contribution in [0.5, 0.6) is 5.75 Å². The summed E-state index contributed by atoms with van der Waals surface area (Å²) in [5, 5.41) is 6.55. The number of amides is 1. The van der Waals surface area contributed by atoms with E-state index in [1.165, 1.54) is 0 Å². The third kappa shape index (κ3) is 14.0. The van der Waals surface area contributed by atoms with Gasteiger partial charge in [0.2, 0.25) is 11.9 Å². The fraction of sp³-hybridized carbons (Fsp3) is 0.588. The third-order valence-corrected chi connectivity index (χ3v) is 7.48. The van der Waals surface area contributed by atoms with Crippen LogP contribution >= 0.6 is 0 Å². The smallest absolute Gasteiger partial charge is 0.229 e. The molecule has 2 N–H and O–H groups in total. The van der Waals surface area contributed by atoms with Gasteiger partial charge in [0.1, 0.15) is 18.2 Å². The van der Waals surface area contributed by atoms with Crippen LogP contribution in [0.25, 0.3) is 6.08 Å². The zero-order valence-corrected chi connectivity index (χ0v) is 27.1. The Bertz CT molecular complexity index is 1160. The summed E-state index contributed by atoms with van der Waals surface area (Å²) in [6.07, 6.45) is 10.6. The first-order valence-electron chi connectivity index (χ1n) is 16.2. The summed E-state index contributed by atoms with van der Waals surface area (Å²) >= 11 is 0. The lowest BCUT2D eigenvalue weighted by Crippen LogP contribution is -2.38. The molecule has 1 aliphatic carbocycles. The van der Waals surface area contributed by atoms with Gasteiger partial charge in [-0.2, -0.15) is 4.98 Å². The lowest BCUT2D eigenvalue weighted by molar-refractivity contribution is -0.136. The summed E-state index contributed by atoms with van der Waals surface area (Å²) in [5.74, 6) is 2.47. The molecule has 1 aliphatic rings. The maximum Gasteiger partial charge on any atom is 0.229 e. The molecule has 1 saturated carbocycles. The Hall–Kier alpha value is -3.54. The average molecular weight is 626 g/mol. The van der Waals surface area contributed by atoms with Crippen LogP contribution in [0, 0.1) is 5.92 Å². The number of carbonyl (C=O) groups is 2. The zero-order valence-electron chi connectivity index (χ0n) is 27.1. The first kappa shape index (κ1) is 35.9. The van der Waals surface area contributed by atoms with Crippen LogP contribution in [0.2, 0.25) is 0 Å². The van der Waals surface area contributed by atoms with Crippen molar-refractivity contribution in [2.75, 3.05) is 77.0 Å². The number of carbonyl (C=O) groups excluding carboxylic acids is 2. The molecule has 2 aromatic rings. The maximum atomic E-state index is 12.4. The standard InChI is InChI=1S/C34H51N5O6/c1-4-27-25-36-34(38-32(27)35-17-18-39(3)33(41)28-11-8-12-28)37-29-13-15-31(16-14-29)45-24-10-22-43-20-7-6-19-42-21-9-23-44-26-30(40)5-2/h4,13-16,25,28H,1,5-12,17-24,26H2,2-3H3,(H2,35,36,37,38). The second-order valence-corrected chi connectivity index (χ2v) is 11.1. The Labute approximate surface area is 268 Å². The fourth-order valence-electron chi connectivity index (χ4n) is 4.44. The van der Waals surface area contributed by atoms with Gasteiger partial charge in [-0.05, 0) is 56.4 Å². The van der Waals surface area contributed by atoms with Crippen molar-refractivity contribution in [3.05, 3.63) is 42.6 Å². The van der Waals surface area contributed by atoms with E-state index in [2.05, 4.69) is 27.2 Å². The van der Waals surface area contributed by atoms with Crippen molar-refractivity contribution in [3.63, 3.8) is 0 Å². The van der Waals surface area contributed by atoms with E-state index in [1.807, 2.05) is 38.2 Å². The molecule has 11 heteroatoms. The lowest BCUT2D eigenvalue weighted by atomic mass is 9.84. The minimum atomic E-state index is 0.130. The molecule has 0 atom stereocenters. The van der Waals surface area contributed by atoms with Gasteiger partial charge in [0.25, 0.3) is 0 Å². The fourth-order valence-corrected chi connectivity index (χ4v) is 4.44. The normalized spacial score (nSPS) is 12.8. The van der Waals surface area contributed by atoms with Crippen LogP contribution in [0.4, 0.5) is 17.5 Å². The number of ether oxygens (including phenoxy) is 4. The molecule has 3 rings (SSSR count). The monoisotopic (exact) mass is 625 g/mol. The van der Waals surface area contributed by atoms with Crippen molar-refractivity contribution < 1.29 is 28.5 Å². The van der Waals surface area contributed by atoms with Gasteiger partial charge in [-0.25, -0.2) is 4.98 Å². The summed E-state index contributed by atoms with van der Waals surface area (Å²) in [6, 6.07) is 7.67. The van der Waals surface area contributed by atoms with E-state index in [9.17, 15) is 9.59 Å². The van der Waals surface area contributed by atoms with Gasteiger partial charge < -0.3 is 34.5 Å². The molecule has 1 aromatic carbocycles. The zero-order chi connectivity index (χ0) is 32.1. The van der Waals surface area contributed by atoms with Gasteiger partial charge in [0.15, 0.2) is 5.78 Å². The van der Waals surface area contributed by atoms with Crippen molar-refractivity contribution in [1.82, 2.24) is 14.9 Å². The first-order valence-corrected chi connectivity index (χ1v) is 16.2. The van der Waals surface area contributed by atoms with Gasteiger partial charge in [-0.3, -0.25) is 9.59 Å². The molecule has 0 bridgehead atoms. The number of likely N-dealkylation sites (N-methyl/N-ethyl adjacent to an activating group) is 1. The minimum absolute atomic E-state index is 0.130. The number of hydrogen-bond donors (Lipinski definition) is 2. The number of aromatic nitrogens is 2. The summed E-state index contributed by atoms with van der Waals surface area (Å²) < 4.78 is 22.4. The Balaban J connectivity index is 1.23. The van der Waals surface area contributed by atoms with Crippen LogP contribution < -0.4 is 15.4 Å². The van der Waals surface area contributed by atoms with E-state index >= 15 is 0 Å². The third-order valence-electron chi connectivity index (χ3n) is 7.48. The summed E-state index contributed by atoms with van der Waals surface area (Å²) in [6.45, 7) is 10.9. The quantitative estimate of drug-likeness (QED) is 0.137. The summed E-state index contributed by atoms with van der Waals surface area (Å²) in [4.78, 5) is 34.4. The first-order chi connectivity index (χ1) is 22.0. The number of unbranched alkanes of at least 4 members (excludes halogenated alkanes) is 1. The number of anilines is 3. The summed E-state index contributed by atoms with van der Waals surface area (Å²) in [5.41, 5.74) is 1.64. The molecule has 0 aliphatic heterocycles. The summed E-state index contributed by atoms with van der Waals surface area (Å²) in [7, 11) is 1.85. The lowest BCUT2D eigenvalue weighted by Gasteiger charge is -2.29. The molecule has 1 aromatic heterocycles. The van der Waals surface area contributed by atoms with Gasteiger partial charge in [-0.15, -0.1) is 0 Å². The van der Waals surface area contributed by atoms with Crippen molar-refractivity contribution in [2.45, 2.75) is 58.3 Å². The van der Waals surface area contributed by atoms with E-state index in [0.29, 0.717) is 70.9 Å². The molecule has 1 fully saturated rings. The molecule has 0 saturated heterocycles.